The molecular formula is C19H30N5O11P. The normalized spacial score (nSPS) is 12.6. The predicted octanol–water partition coefficient (Wildman–Crippen LogP) is 2.33. The number of hydrogen-bond acceptors (Lipinski definition) is 14. The van der Waals surface area contributed by atoms with Gasteiger partial charge >= 0.3 is 19.9 Å². The molecule has 36 heavy (non-hydrogen) atoms. The van der Waals surface area contributed by atoms with Crippen LogP contribution >= 0.6 is 7.60 Å². The van der Waals surface area contributed by atoms with E-state index < -0.39 is 63.7 Å². The maximum atomic E-state index is 13.1. The van der Waals surface area contributed by atoms with Gasteiger partial charge in [0.15, 0.2) is 11.2 Å². The number of carbonyl (C=O) groups excluding carboxylic acids is 2. The van der Waals surface area contributed by atoms with E-state index in [4.69, 9.17) is 38.5 Å². The van der Waals surface area contributed by atoms with Gasteiger partial charge < -0.3 is 34.0 Å². The zero-order valence-corrected chi connectivity index (χ0v) is 21.4. The molecule has 0 radical (unpaired) electrons. The zero-order chi connectivity index (χ0) is 26.9. The number of aromatic amines is 1. The summed E-state index contributed by atoms with van der Waals surface area (Å²) in [7, 11) is -4.11. The van der Waals surface area contributed by atoms with Gasteiger partial charge in [-0.15, -0.1) is 0 Å². The standard InChI is InChI=1S/C19H30N5O11P/c1-11(2)34-18(26)29-8-32-36(28,33-9-30-19(27)35-12(3)4)10-31-13(5)6-24-7-21-14-15(24)22-17(20)23-16(14)25/h7,11-13H,6,8-10H2,1-5H3,(H3,20,22,23,25). The Kier molecular flexibility index (Phi) is 10.6. The van der Waals surface area contributed by atoms with Crippen molar-refractivity contribution in [3.05, 3.63) is 16.7 Å². The molecule has 2 heterocycles. The van der Waals surface area contributed by atoms with Crippen LogP contribution < -0.4 is 11.3 Å². The van der Waals surface area contributed by atoms with Gasteiger partial charge in [0.05, 0.1) is 31.2 Å². The van der Waals surface area contributed by atoms with Crippen LogP contribution in [0.3, 0.4) is 0 Å². The van der Waals surface area contributed by atoms with Crippen molar-refractivity contribution in [1.82, 2.24) is 19.5 Å². The molecule has 0 fully saturated rings. The van der Waals surface area contributed by atoms with Gasteiger partial charge in [-0.25, -0.2) is 14.6 Å². The van der Waals surface area contributed by atoms with Crippen molar-refractivity contribution in [1.29, 1.82) is 0 Å². The maximum absolute atomic E-state index is 13.1. The van der Waals surface area contributed by atoms with E-state index in [9.17, 15) is 18.9 Å². The lowest BCUT2D eigenvalue weighted by Gasteiger charge is -2.21. The maximum Gasteiger partial charge on any atom is 0.510 e. The molecule has 0 amide bonds. The van der Waals surface area contributed by atoms with Crippen molar-refractivity contribution in [2.75, 3.05) is 25.7 Å². The molecule has 1 atom stereocenters. The minimum atomic E-state index is -4.11. The van der Waals surface area contributed by atoms with E-state index in [0.29, 0.717) is 0 Å². The second-order valence-electron chi connectivity index (χ2n) is 7.85. The van der Waals surface area contributed by atoms with Crippen LogP contribution in [0.1, 0.15) is 34.6 Å². The lowest BCUT2D eigenvalue weighted by molar-refractivity contribution is -0.0369. The van der Waals surface area contributed by atoms with Gasteiger partial charge in [0.25, 0.3) is 5.56 Å². The van der Waals surface area contributed by atoms with E-state index >= 15 is 0 Å². The van der Waals surface area contributed by atoms with Crippen molar-refractivity contribution < 1.29 is 46.9 Å². The number of hydrogen-bond donors (Lipinski definition) is 2. The van der Waals surface area contributed by atoms with Crippen LogP contribution in [0.2, 0.25) is 0 Å². The molecule has 17 heteroatoms. The van der Waals surface area contributed by atoms with Crippen LogP contribution in [-0.4, -0.2) is 70.1 Å². The van der Waals surface area contributed by atoms with E-state index in [-0.39, 0.29) is 23.7 Å². The number of ether oxygens (including phenoxy) is 5. The highest BCUT2D eigenvalue weighted by atomic mass is 31.2. The van der Waals surface area contributed by atoms with Gasteiger partial charge in [-0.05, 0) is 34.6 Å². The molecule has 0 aliphatic heterocycles. The Morgan fingerprint density at radius 3 is 2.14 bits per heavy atom. The number of fused-ring (bicyclic) bond motifs is 1. The largest absolute Gasteiger partial charge is 0.510 e. The molecule has 0 aliphatic rings. The summed E-state index contributed by atoms with van der Waals surface area (Å²) >= 11 is 0. The van der Waals surface area contributed by atoms with Crippen LogP contribution in [0, 0.1) is 0 Å². The fourth-order valence-corrected chi connectivity index (χ4v) is 3.61. The minimum absolute atomic E-state index is 0.0823. The SMILES string of the molecule is CC(C)OC(=O)OCOP(=O)(COC(C)Cn1cnc2c(=O)[nH]c(N)nc21)OCOC(=O)OC(C)C. The van der Waals surface area contributed by atoms with Crippen LogP contribution in [0.15, 0.2) is 11.1 Å². The number of imidazole rings is 1. The molecule has 2 aromatic rings. The quantitative estimate of drug-likeness (QED) is 0.214. The van der Waals surface area contributed by atoms with Gasteiger partial charge in [-0.3, -0.25) is 23.4 Å². The molecule has 0 bridgehead atoms. The monoisotopic (exact) mass is 535 g/mol. The van der Waals surface area contributed by atoms with Crippen molar-refractivity contribution >= 4 is 37.0 Å². The highest BCUT2D eigenvalue weighted by Gasteiger charge is 2.29. The average Bonchev–Trinajstić information content (AvgIpc) is 3.14. The highest BCUT2D eigenvalue weighted by molar-refractivity contribution is 7.53. The number of anilines is 1. The summed E-state index contributed by atoms with van der Waals surface area (Å²) in [4.78, 5) is 45.4. The van der Waals surface area contributed by atoms with Crippen molar-refractivity contribution in [2.45, 2.75) is 59.5 Å². The Labute approximate surface area is 205 Å². The third-order valence-corrected chi connectivity index (χ3v) is 5.44. The lowest BCUT2D eigenvalue weighted by Crippen LogP contribution is -2.20. The van der Waals surface area contributed by atoms with E-state index in [1.165, 1.54) is 10.9 Å². The second-order valence-corrected chi connectivity index (χ2v) is 9.85. The fourth-order valence-electron chi connectivity index (χ4n) is 2.53. The van der Waals surface area contributed by atoms with Crippen LogP contribution in [-0.2, 0) is 43.8 Å². The van der Waals surface area contributed by atoms with Crippen LogP contribution in [0.5, 0.6) is 0 Å². The Morgan fingerprint density at radius 1 is 1.06 bits per heavy atom. The lowest BCUT2D eigenvalue weighted by atomic mass is 10.4. The van der Waals surface area contributed by atoms with Crippen LogP contribution in [0.25, 0.3) is 11.2 Å². The Hall–Kier alpha value is -3.20. The molecular weight excluding hydrogens is 505 g/mol. The molecule has 2 rings (SSSR count). The topological polar surface area (TPSA) is 205 Å². The first kappa shape index (κ1) is 29.0. The molecule has 0 aliphatic carbocycles. The van der Waals surface area contributed by atoms with Crippen LogP contribution in [0.4, 0.5) is 15.5 Å². The second kappa shape index (κ2) is 13.2. The number of nitrogens with zero attached hydrogens (tertiary/aromatic N) is 3. The smallest absolute Gasteiger partial charge is 0.432 e. The molecule has 202 valence electrons. The summed E-state index contributed by atoms with van der Waals surface area (Å²) in [6.45, 7) is 6.67. The number of nitrogen functional groups attached to an aromatic ring is 1. The molecule has 1 unspecified atom stereocenters. The third-order valence-electron chi connectivity index (χ3n) is 3.98. The Balaban J connectivity index is 1.99. The minimum Gasteiger partial charge on any atom is -0.432 e. The summed E-state index contributed by atoms with van der Waals surface area (Å²) in [5, 5.41) is 0. The first-order chi connectivity index (χ1) is 16.9. The first-order valence-electron chi connectivity index (χ1n) is 10.8. The van der Waals surface area contributed by atoms with Gasteiger partial charge in [-0.2, -0.15) is 4.98 Å². The molecule has 2 aromatic heterocycles. The average molecular weight is 535 g/mol. The molecule has 0 spiro atoms. The third kappa shape index (κ3) is 9.45. The first-order valence-corrected chi connectivity index (χ1v) is 12.5. The summed E-state index contributed by atoms with van der Waals surface area (Å²) in [5.41, 5.74) is 5.41. The summed E-state index contributed by atoms with van der Waals surface area (Å²) < 4.78 is 49.4. The van der Waals surface area contributed by atoms with Crippen molar-refractivity contribution in [2.24, 2.45) is 0 Å². The van der Waals surface area contributed by atoms with E-state index in [0.717, 1.165) is 0 Å². The van der Waals surface area contributed by atoms with E-state index in [1.807, 2.05) is 0 Å². The highest BCUT2D eigenvalue weighted by Crippen LogP contribution is 2.48. The van der Waals surface area contributed by atoms with Gasteiger partial charge in [0.1, 0.15) is 6.35 Å². The predicted molar refractivity (Wildman–Crippen MR) is 123 cm³/mol. The number of H-pyrrole nitrogens is 1. The number of carbonyl (C=O) groups is 2. The van der Waals surface area contributed by atoms with Gasteiger partial charge in [-0.1, -0.05) is 0 Å². The zero-order valence-electron chi connectivity index (χ0n) is 20.5. The molecule has 0 saturated heterocycles. The number of nitrogens with one attached hydrogen (secondary N) is 1. The summed E-state index contributed by atoms with van der Waals surface area (Å²) in [6.07, 6.45) is -2.82. The Morgan fingerprint density at radius 2 is 1.61 bits per heavy atom. The molecule has 0 saturated carbocycles. The molecule has 16 nitrogen and oxygen atoms in total. The summed E-state index contributed by atoms with van der Waals surface area (Å²) in [5.74, 6) is -0.0823. The van der Waals surface area contributed by atoms with Crippen molar-refractivity contribution in [3.63, 3.8) is 0 Å². The fraction of sp³-hybridized carbons (Fsp3) is 0.632. The van der Waals surface area contributed by atoms with E-state index in [1.54, 1.807) is 34.6 Å². The number of nitrogens with two attached hydrogens (primary N) is 1. The number of rotatable bonds is 13. The van der Waals surface area contributed by atoms with Gasteiger partial charge in [0.2, 0.25) is 19.5 Å². The number of aromatic nitrogens is 4. The summed E-state index contributed by atoms with van der Waals surface area (Å²) in [6, 6.07) is 0. The molecule has 0 aromatic carbocycles. The Bertz CT molecular complexity index is 1100. The molecule has 3 N–H and O–H groups in total. The van der Waals surface area contributed by atoms with Gasteiger partial charge in [0, 0.05) is 0 Å². The van der Waals surface area contributed by atoms with E-state index in [2.05, 4.69) is 15.0 Å². The van der Waals surface area contributed by atoms with Crippen molar-refractivity contribution in [3.8, 4) is 0 Å².